The smallest absolute Gasteiger partial charge is 0.313 e. The van der Waals surface area contributed by atoms with Crippen molar-refractivity contribution in [3.63, 3.8) is 0 Å². The molecule has 0 atom stereocenters. The van der Waals surface area contributed by atoms with E-state index in [0.29, 0.717) is 6.54 Å². The third kappa shape index (κ3) is 3.79. The number of nitrogens with one attached hydrogen (secondary N) is 1. The minimum Gasteiger partial charge on any atom is -0.313 e. The topological polar surface area (TPSA) is 53.9 Å². The van der Waals surface area contributed by atoms with E-state index in [1.165, 1.54) is 5.56 Å². The molecule has 1 N–H and O–H groups in total. The number of aryl methyl sites for hydroxylation is 1. The Kier molecular flexibility index (Phi) is 4.52. The second-order valence-corrected chi connectivity index (χ2v) is 4.71. The summed E-state index contributed by atoms with van der Waals surface area (Å²) in [5, 5.41) is 0. The summed E-state index contributed by atoms with van der Waals surface area (Å²) in [5.74, 6) is 0. The van der Waals surface area contributed by atoms with E-state index >= 15 is 0 Å². The Hall–Kier alpha value is -1.88. The van der Waals surface area contributed by atoms with E-state index in [1.807, 2.05) is 13.2 Å². The predicted octanol–water partition coefficient (Wildman–Crippen LogP) is 1.27. The molecule has 19 heavy (non-hydrogen) atoms. The lowest BCUT2D eigenvalue weighted by Gasteiger charge is -2.16. The molecule has 0 aromatic carbocycles. The number of H-pyrrole nitrogens is 1. The number of aromatic nitrogens is 3. The van der Waals surface area contributed by atoms with Gasteiger partial charge in [-0.2, -0.15) is 0 Å². The van der Waals surface area contributed by atoms with Crippen LogP contribution in [0.4, 0.5) is 0 Å². The molecular weight excluding hydrogens is 240 g/mol. The van der Waals surface area contributed by atoms with Crippen LogP contribution < -0.4 is 5.69 Å². The Labute approximate surface area is 112 Å². The van der Waals surface area contributed by atoms with Crippen LogP contribution in [0.2, 0.25) is 0 Å². The Morgan fingerprint density at radius 2 is 2.26 bits per heavy atom. The minimum absolute atomic E-state index is 0.0566. The van der Waals surface area contributed by atoms with Crippen LogP contribution in [-0.2, 0) is 19.5 Å². The lowest BCUT2D eigenvalue weighted by atomic mass is 10.2. The van der Waals surface area contributed by atoms with E-state index in [4.69, 9.17) is 0 Å². The second kappa shape index (κ2) is 6.33. The summed E-state index contributed by atoms with van der Waals surface area (Å²) in [6.45, 7) is 4.42. The third-order valence-electron chi connectivity index (χ3n) is 3.17. The van der Waals surface area contributed by atoms with Crippen molar-refractivity contribution in [3.05, 3.63) is 52.5 Å². The Bertz CT molecular complexity index is 555. The molecule has 2 rings (SSSR count). The average Bonchev–Trinajstić information content (AvgIpc) is 2.83. The number of hydrogen-bond acceptors (Lipinski definition) is 3. The fraction of sp³-hybridized carbons (Fsp3) is 0.429. The highest BCUT2D eigenvalue weighted by atomic mass is 16.1. The van der Waals surface area contributed by atoms with Crippen LogP contribution in [0.3, 0.4) is 0 Å². The van der Waals surface area contributed by atoms with Gasteiger partial charge in [0.25, 0.3) is 0 Å². The fourth-order valence-electron chi connectivity index (χ4n) is 1.92. The molecule has 5 heteroatoms. The van der Waals surface area contributed by atoms with Crippen LogP contribution >= 0.6 is 0 Å². The van der Waals surface area contributed by atoms with Crippen molar-refractivity contribution in [2.75, 3.05) is 13.6 Å². The highest BCUT2D eigenvalue weighted by Crippen LogP contribution is 2.03. The van der Waals surface area contributed by atoms with E-state index in [-0.39, 0.29) is 5.69 Å². The van der Waals surface area contributed by atoms with Crippen molar-refractivity contribution in [1.82, 2.24) is 19.4 Å². The first-order chi connectivity index (χ1) is 9.19. The van der Waals surface area contributed by atoms with Gasteiger partial charge in [-0.15, -0.1) is 0 Å². The molecule has 2 aromatic heterocycles. The Morgan fingerprint density at radius 1 is 1.42 bits per heavy atom. The standard InChI is InChI=1S/C14H20N4O/c1-3-12-4-5-13(16-10-12)11-17(2)8-9-18-7-6-15-14(18)19/h4-7,10H,3,8-9,11H2,1-2H3,(H,15,19). The van der Waals surface area contributed by atoms with Crippen molar-refractivity contribution in [2.45, 2.75) is 26.4 Å². The molecule has 0 radical (unpaired) electrons. The second-order valence-electron chi connectivity index (χ2n) is 4.71. The van der Waals surface area contributed by atoms with E-state index in [2.05, 4.69) is 33.9 Å². The molecule has 0 aliphatic heterocycles. The number of nitrogens with zero attached hydrogens (tertiary/aromatic N) is 3. The van der Waals surface area contributed by atoms with Gasteiger partial charge in [0.2, 0.25) is 0 Å². The average molecular weight is 260 g/mol. The highest BCUT2D eigenvalue weighted by Gasteiger charge is 2.03. The van der Waals surface area contributed by atoms with E-state index in [1.54, 1.807) is 17.0 Å². The maximum absolute atomic E-state index is 11.3. The van der Waals surface area contributed by atoms with Gasteiger partial charge in [0.1, 0.15) is 0 Å². The molecule has 0 amide bonds. The summed E-state index contributed by atoms with van der Waals surface area (Å²) in [5.41, 5.74) is 2.25. The van der Waals surface area contributed by atoms with Crippen molar-refractivity contribution < 1.29 is 0 Å². The minimum atomic E-state index is -0.0566. The van der Waals surface area contributed by atoms with Crippen LogP contribution in [0, 0.1) is 0 Å². The number of imidazole rings is 1. The van der Waals surface area contributed by atoms with Crippen LogP contribution in [0.25, 0.3) is 0 Å². The highest BCUT2D eigenvalue weighted by molar-refractivity contribution is 5.13. The summed E-state index contributed by atoms with van der Waals surface area (Å²) in [4.78, 5) is 20.6. The van der Waals surface area contributed by atoms with Gasteiger partial charge < -0.3 is 4.98 Å². The van der Waals surface area contributed by atoms with Crippen molar-refractivity contribution in [3.8, 4) is 0 Å². The Morgan fingerprint density at radius 3 is 2.84 bits per heavy atom. The van der Waals surface area contributed by atoms with Gasteiger partial charge in [0.15, 0.2) is 0 Å². The predicted molar refractivity (Wildman–Crippen MR) is 75.0 cm³/mol. The summed E-state index contributed by atoms with van der Waals surface area (Å²) >= 11 is 0. The monoisotopic (exact) mass is 260 g/mol. The van der Waals surface area contributed by atoms with Crippen molar-refractivity contribution >= 4 is 0 Å². The maximum atomic E-state index is 11.3. The first kappa shape index (κ1) is 13.5. The largest absolute Gasteiger partial charge is 0.325 e. The lowest BCUT2D eigenvalue weighted by molar-refractivity contribution is 0.306. The molecular formula is C14H20N4O. The van der Waals surface area contributed by atoms with Crippen LogP contribution in [-0.4, -0.2) is 33.0 Å². The quantitative estimate of drug-likeness (QED) is 0.851. The van der Waals surface area contributed by atoms with Gasteiger partial charge in [-0.05, 0) is 25.1 Å². The maximum Gasteiger partial charge on any atom is 0.325 e. The van der Waals surface area contributed by atoms with Gasteiger partial charge >= 0.3 is 5.69 Å². The number of aromatic amines is 1. The fourth-order valence-corrected chi connectivity index (χ4v) is 1.92. The summed E-state index contributed by atoms with van der Waals surface area (Å²) in [6, 6.07) is 4.19. The molecule has 5 nitrogen and oxygen atoms in total. The zero-order chi connectivity index (χ0) is 13.7. The molecule has 102 valence electrons. The van der Waals surface area contributed by atoms with E-state index in [9.17, 15) is 4.79 Å². The molecule has 0 saturated carbocycles. The first-order valence-electron chi connectivity index (χ1n) is 6.55. The van der Waals surface area contributed by atoms with Crippen LogP contribution in [0.5, 0.6) is 0 Å². The number of hydrogen-bond donors (Lipinski definition) is 1. The molecule has 0 aliphatic rings. The lowest BCUT2D eigenvalue weighted by Crippen LogP contribution is -2.27. The first-order valence-corrected chi connectivity index (χ1v) is 6.55. The van der Waals surface area contributed by atoms with Crippen molar-refractivity contribution in [1.29, 1.82) is 0 Å². The molecule has 2 heterocycles. The summed E-state index contributed by atoms with van der Waals surface area (Å²) < 4.78 is 1.67. The third-order valence-corrected chi connectivity index (χ3v) is 3.17. The van der Waals surface area contributed by atoms with Gasteiger partial charge in [-0.25, -0.2) is 4.79 Å². The zero-order valence-electron chi connectivity index (χ0n) is 11.5. The van der Waals surface area contributed by atoms with Crippen molar-refractivity contribution in [2.24, 2.45) is 0 Å². The number of likely N-dealkylation sites (N-methyl/N-ethyl adjacent to an activating group) is 1. The van der Waals surface area contributed by atoms with E-state index in [0.717, 1.165) is 25.2 Å². The normalized spacial score (nSPS) is 11.1. The molecule has 0 aliphatic carbocycles. The molecule has 0 saturated heterocycles. The van der Waals surface area contributed by atoms with Crippen LogP contribution in [0.1, 0.15) is 18.2 Å². The van der Waals surface area contributed by atoms with E-state index < -0.39 is 0 Å². The number of rotatable bonds is 6. The van der Waals surface area contributed by atoms with Crippen LogP contribution in [0.15, 0.2) is 35.5 Å². The van der Waals surface area contributed by atoms with Gasteiger partial charge in [-0.3, -0.25) is 14.5 Å². The molecule has 0 fully saturated rings. The van der Waals surface area contributed by atoms with Gasteiger partial charge in [-0.1, -0.05) is 13.0 Å². The van der Waals surface area contributed by atoms with Gasteiger partial charge in [0.05, 0.1) is 5.69 Å². The number of pyridine rings is 1. The molecule has 2 aromatic rings. The summed E-state index contributed by atoms with van der Waals surface area (Å²) in [7, 11) is 2.03. The summed E-state index contributed by atoms with van der Waals surface area (Å²) in [6.07, 6.45) is 6.37. The zero-order valence-corrected chi connectivity index (χ0v) is 11.5. The SMILES string of the molecule is CCc1ccc(CN(C)CCn2cc[nH]c2=O)nc1. The van der Waals surface area contributed by atoms with Gasteiger partial charge in [0, 0.05) is 38.2 Å². The Balaban J connectivity index is 1.85. The molecule has 0 spiro atoms. The molecule has 0 bridgehead atoms. The molecule has 0 unspecified atom stereocenters.